The summed E-state index contributed by atoms with van der Waals surface area (Å²) < 4.78 is 0. The Morgan fingerprint density at radius 2 is 2.27 bits per heavy atom. The molecule has 0 aliphatic heterocycles. The summed E-state index contributed by atoms with van der Waals surface area (Å²) >= 11 is 3.22. The highest BCUT2D eigenvalue weighted by molar-refractivity contribution is 9.10. The predicted molar refractivity (Wildman–Crippen MR) is 65.3 cm³/mol. The monoisotopic (exact) mass is 266 g/mol. The molecule has 0 aliphatic carbocycles. The van der Waals surface area contributed by atoms with Crippen LogP contribution in [0.15, 0.2) is 30.5 Å². The second kappa shape index (κ2) is 4.06. The summed E-state index contributed by atoms with van der Waals surface area (Å²) in [5.74, 6) is -0.0371. The minimum atomic E-state index is -0.181. The summed E-state index contributed by atoms with van der Waals surface area (Å²) in [4.78, 5) is 14.3. The van der Waals surface area contributed by atoms with Gasteiger partial charge in [-0.25, -0.2) is 0 Å². The molecule has 3 nitrogen and oxygen atoms in total. The highest BCUT2D eigenvalue weighted by Crippen LogP contribution is 2.18. The lowest BCUT2D eigenvalue weighted by Crippen LogP contribution is -2.19. The topological polar surface area (TPSA) is 44.9 Å². The Morgan fingerprint density at radius 3 is 3.00 bits per heavy atom. The van der Waals surface area contributed by atoms with Crippen LogP contribution in [0.4, 0.5) is 5.69 Å². The summed E-state index contributed by atoms with van der Waals surface area (Å²) in [5, 5.41) is 3.92. The van der Waals surface area contributed by atoms with Gasteiger partial charge in [0.05, 0.1) is 4.83 Å². The van der Waals surface area contributed by atoms with E-state index in [2.05, 4.69) is 26.2 Å². The third kappa shape index (κ3) is 2.21. The van der Waals surface area contributed by atoms with Crippen LogP contribution in [0.2, 0.25) is 0 Å². The second-order valence-electron chi connectivity index (χ2n) is 3.38. The molecule has 0 saturated heterocycles. The number of amides is 1. The van der Waals surface area contributed by atoms with Crippen molar-refractivity contribution in [1.82, 2.24) is 4.98 Å². The van der Waals surface area contributed by atoms with E-state index in [0.29, 0.717) is 0 Å². The molecule has 1 amide bonds. The van der Waals surface area contributed by atoms with Gasteiger partial charge in [-0.05, 0) is 31.2 Å². The van der Waals surface area contributed by atoms with Gasteiger partial charge in [0.15, 0.2) is 0 Å². The van der Waals surface area contributed by atoms with Gasteiger partial charge >= 0.3 is 0 Å². The number of carbonyl (C=O) groups is 1. The number of anilines is 1. The highest BCUT2D eigenvalue weighted by atomic mass is 79.9. The van der Waals surface area contributed by atoms with Gasteiger partial charge in [-0.2, -0.15) is 0 Å². The third-order valence-electron chi connectivity index (χ3n) is 2.18. The number of rotatable bonds is 2. The van der Waals surface area contributed by atoms with E-state index in [1.165, 1.54) is 0 Å². The molecule has 0 saturated carbocycles. The van der Waals surface area contributed by atoms with Crippen LogP contribution in [0.3, 0.4) is 0 Å². The summed E-state index contributed by atoms with van der Waals surface area (Å²) in [5.41, 5.74) is 1.89. The fourth-order valence-corrected chi connectivity index (χ4v) is 1.49. The minimum Gasteiger partial charge on any atom is -0.361 e. The third-order valence-corrected chi connectivity index (χ3v) is 2.60. The van der Waals surface area contributed by atoms with Crippen molar-refractivity contribution in [3.63, 3.8) is 0 Å². The number of halogens is 1. The van der Waals surface area contributed by atoms with Crippen molar-refractivity contribution >= 4 is 38.4 Å². The van der Waals surface area contributed by atoms with Crippen LogP contribution in [0.25, 0.3) is 10.9 Å². The highest BCUT2D eigenvalue weighted by Gasteiger charge is 2.08. The average molecular weight is 267 g/mol. The molecule has 1 unspecified atom stereocenters. The molecule has 0 fully saturated rings. The van der Waals surface area contributed by atoms with Gasteiger partial charge in [0.25, 0.3) is 0 Å². The first-order valence-electron chi connectivity index (χ1n) is 4.69. The molecule has 15 heavy (non-hydrogen) atoms. The zero-order valence-electron chi connectivity index (χ0n) is 8.25. The number of alkyl halides is 1. The minimum absolute atomic E-state index is 0.0371. The molecule has 0 radical (unpaired) electrons. The number of hydrogen-bond acceptors (Lipinski definition) is 1. The van der Waals surface area contributed by atoms with Crippen molar-refractivity contribution in [3.8, 4) is 0 Å². The van der Waals surface area contributed by atoms with Gasteiger partial charge in [-0.3, -0.25) is 4.79 Å². The van der Waals surface area contributed by atoms with Crippen molar-refractivity contribution < 1.29 is 4.79 Å². The molecule has 1 aromatic heterocycles. The van der Waals surface area contributed by atoms with Gasteiger partial charge in [0.2, 0.25) is 5.91 Å². The van der Waals surface area contributed by atoms with E-state index >= 15 is 0 Å². The van der Waals surface area contributed by atoms with Gasteiger partial charge in [-0.15, -0.1) is 0 Å². The van der Waals surface area contributed by atoms with E-state index < -0.39 is 0 Å². The number of aromatic amines is 1. The molecule has 0 bridgehead atoms. The first-order valence-corrected chi connectivity index (χ1v) is 5.60. The number of carbonyl (C=O) groups excluding carboxylic acids is 1. The molecule has 78 valence electrons. The molecule has 0 spiro atoms. The van der Waals surface area contributed by atoms with Crippen molar-refractivity contribution in [2.24, 2.45) is 0 Å². The van der Waals surface area contributed by atoms with Gasteiger partial charge in [0.1, 0.15) is 0 Å². The Bertz CT molecular complexity index is 490. The fourth-order valence-electron chi connectivity index (χ4n) is 1.37. The van der Waals surface area contributed by atoms with Crippen LogP contribution >= 0.6 is 15.9 Å². The van der Waals surface area contributed by atoms with E-state index in [-0.39, 0.29) is 10.7 Å². The number of fused-ring (bicyclic) bond motifs is 1. The Kier molecular flexibility index (Phi) is 2.77. The second-order valence-corrected chi connectivity index (χ2v) is 4.76. The van der Waals surface area contributed by atoms with Crippen LogP contribution in [0, 0.1) is 0 Å². The van der Waals surface area contributed by atoms with Crippen LogP contribution in [0.1, 0.15) is 6.92 Å². The number of benzene rings is 1. The summed E-state index contributed by atoms with van der Waals surface area (Å²) in [6.07, 6.45) is 1.88. The van der Waals surface area contributed by atoms with Crippen molar-refractivity contribution in [2.75, 3.05) is 5.32 Å². The van der Waals surface area contributed by atoms with Crippen LogP contribution in [-0.2, 0) is 4.79 Å². The lowest BCUT2D eigenvalue weighted by Gasteiger charge is -2.06. The SMILES string of the molecule is CC(Br)C(=O)Nc1ccc2[nH]ccc2c1. The Hall–Kier alpha value is -1.29. The molecule has 2 rings (SSSR count). The fraction of sp³-hybridized carbons (Fsp3) is 0.182. The quantitative estimate of drug-likeness (QED) is 0.807. The maximum absolute atomic E-state index is 11.4. The zero-order valence-corrected chi connectivity index (χ0v) is 9.84. The Morgan fingerprint density at radius 1 is 1.47 bits per heavy atom. The van der Waals surface area contributed by atoms with Crippen LogP contribution in [-0.4, -0.2) is 15.7 Å². The smallest absolute Gasteiger partial charge is 0.237 e. The van der Waals surface area contributed by atoms with Gasteiger partial charge < -0.3 is 10.3 Å². The zero-order chi connectivity index (χ0) is 10.8. The molecular weight excluding hydrogens is 256 g/mol. The Labute approximate surface area is 96.0 Å². The normalized spacial score (nSPS) is 12.7. The number of nitrogens with one attached hydrogen (secondary N) is 2. The average Bonchev–Trinajstić information content (AvgIpc) is 2.64. The molecule has 2 N–H and O–H groups in total. The molecule has 1 atom stereocenters. The first kappa shape index (κ1) is 10.2. The van der Waals surface area contributed by atoms with E-state index in [9.17, 15) is 4.79 Å². The van der Waals surface area contributed by atoms with Crippen LogP contribution < -0.4 is 5.32 Å². The van der Waals surface area contributed by atoms with E-state index in [0.717, 1.165) is 16.6 Å². The van der Waals surface area contributed by atoms with Gasteiger partial charge in [0, 0.05) is 22.8 Å². The predicted octanol–water partition coefficient (Wildman–Crippen LogP) is 2.89. The summed E-state index contributed by atoms with van der Waals surface area (Å²) in [6, 6.07) is 7.75. The maximum Gasteiger partial charge on any atom is 0.237 e. The van der Waals surface area contributed by atoms with E-state index in [1.54, 1.807) is 6.92 Å². The number of H-pyrrole nitrogens is 1. The summed E-state index contributed by atoms with van der Waals surface area (Å²) in [7, 11) is 0. The van der Waals surface area contributed by atoms with Crippen molar-refractivity contribution in [2.45, 2.75) is 11.8 Å². The molecule has 1 heterocycles. The molecule has 4 heteroatoms. The molecule has 1 aromatic carbocycles. The number of aromatic nitrogens is 1. The van der Waals surface area contributed by atoms with E-state index in [4.69, 9.17) is 0 Å². The van der Waals surface area contributed by atoms with Crippen LogP contribution in [0.5, 0.6) is 0 Å². The molecule has 2 aromatic rings. The lowest BCUT2D eigenvalue weighted by atomic mass is 10.2. The largest absolute Gasteiger partial charge is 0.361 e. The van der Waals surface area contributed by atoms with E-state index in [1.807, 2.05) is 30.5 Å². The van der Waals surface area contributed by atoms with Gasteiger partial charge in [-0.1, -0.05) is 15.9 Å². The first-order chi connectivity index (χ1) is 7.16. The summed E-state index contributed by atoms with van der Waals surface area (Å²) in [6.45, 7) is 1.80. The Balaban J connectivity index is 2.25. The number of hydrogen-bond donors (Lipinski definition) is 2. The lowest BCUT2D eigenvalue weighted by molar-refractivity contribution is -0.115. The van der Waals surface area contributed by atoms with Crippen molar-refractivity contribution in [3.05, 3.63) is 30.5 Å². The maximum atomic E-state index is 11.4. The molecular formula is C11H11BrN2O. The van der Waals surface area contributed by atoms with Crippen molar-refractivity contribution in [1.29, 1.82) is 0 Å². The molecule has 0 aliphatic rings. The standard InChI is InChI=1S/C11H11BrN2O/c1-7(12)11(15)14-9-2-3-10-8(6-9)4-5-13-10/h2-7,13H,1H3,(H,14,15).